The number of benzene rings is 1. The number of aliphatic hydroxyl groups excluding tert-OH is 1. The Morgan fingerprint density at radius 3 is 2.75 bits per heavy atom. The van der Waals surface area contributed by atoms with Crippen molar-refractivity contribution in [3.05, 3.63) is 28.8 Å². The lowest BCUT2D eigenvalue weighted by Gasteiger charge is -2.22. The quantitative estimate of drug-likeness (QED) is 0.775. The fraction of sp³-hybridized carbons (Fsp3) is 0.385. The van der Waals surface area contributed by atoms with Gasteiger partial charge in [0.15, 0.2) is 0 Å². The molecule has 108 valence electrons. The number of carbonyl (C=O) groups is 2. The summed E-state index contributed by atoms with van der Waals surface area (Å²) in [5.41, 5.74) is 1.36. The van der Waals surface area contributed by atoms with Gasteiger partial charge in [0.1, 0.15) is 6.04 Å². The van der Waals surface area contributed by atoms with Crippen LogP contribution < -0.4 is 5.32 Å². The van der Waals surface area contributed by atoms with Crippen molar-refractivity contribution < 1.29 is 19.8 Å². The Balaban J connectivity index is 2.13. The lowest BCUT2D eigenvalue weighted by atomic mass is 10.2. The molecule has 1 aliphatic rings. The molecule has 2 atom stereocenters. The Hall–Kier alpha value is -1.79. The number of likely N-dealkylation sites (tertiary alicyclic amines) is 1. The van der Waals surface area contributed by atoms with E-state index < -0.39 is 24.1 Å². The molecule has 20 heavy (non-hydrogen) atoms. The monoisotopic (exact) mass is 298 g/mol. The maximum absolute atomic E-state index is 12.1. The zero-order valence-corrected chi connectivity index (χ0v) is 11.6. The largest absolute Gasteiger partial charge is 0.480 e. The van der Waals surface area contributed by atoms with Crippen LogP contribution in [0.25, 0.3) is 0 Å². The maximum Gasteiger partial charge on any atom is 0.326 e. The summed E-state index contributed by atoms with van der Waals surface area (Å²) >= 11 is 6.01. The van der Waals surface area contributed by atoms with Gasteiger partial charge in [-0.15, -0.1) is 0 Å². The summed E-state index contributed by atoms with van der Waals surface area (Å²) in [7, 11) is 0. The Morgan fingerprint density at radius 2 is 2.15 bits per heavy atom. The second-order valence-corrected chi connectivity index (χ2v) is 5.22. The molecule has 7 heteroatoms. The van der Waals surface area contributed by atoms with Gasteiger partial charge in [-0.1, -0.05) is 17.7 Å². The van der Waals surface area contributed by atoms with E-state index >= 15 is 0 Å². The normalized spacial score (nSPS) is 21.9. The van der Waals surface area contributed by atoms with Gasteiger partial charge in [0.05, 0.1) is 16.8 Å². The molecule has 1 aromatic carbocycles. The minimum Gasteiger partial charge on any atom is -0.480 e. The lowest BCUT2D eigenvalue weighted by molar-refractivity contribution is -0.141. The van der Waals surface area contributed by atoms with Crippen LogP contribution in [0.5, 0.6) is 0 Å². The van der Waals surface area contributed by atoms with Crippen LogP contribution in [0.15, 0.2) is 18.2 Å². The van der Waals surface area contributed by atoms with E-state index in [0.717, 1.165) is 10.5 Å². The molecule has 0 aromatic heterocycles. The predicted molar refractivity (Wildman–Crippen MR) is 74.0 cm³/mol. The van der Waals surface area contributed by atoms with Crippen LogP contribution in [0.3, 0.4) is 0 Å². The van der Waals surface area contributed by atoms with Crippen LogP contribution in [0, 0.1) is 6.92 Å². The van der Waals surface area contributed by atoms with Gasteiger partial charge in [-0.3, -0.25) is 0 Å². The molecule has 0 radical (unpaired) electrons. The van der Waals surface area contributed by atoms with Crippen molar-refractivity contribution in [3.8, 4) is 0 Å². The van der Waals surface area contributed by atoms with E-state index in [0.29, 0.717) is 10.7 Å². The Bertz CT molecular complexity index is 549. The second-order valence-electron chi connectivity index (χ2n) is 4.81. The van der Waals surface area contributed by atoms with Crippen molar-refractivity contribution in [1.29, 1.82) is 0 Å². The summed E-state index contributed by atoms with van der Waals surface area (Å²) in [5.74, 6) is -1.13. The molecule has 0 bridgehead atoms. The number of hydrogen-bond donors (Lipinski definition) is 3. The third-order valence-electron chi connectivity index (χ3n) is 3.19. The molecular weight excluding hydrogens is 284 g/mol. The molecule has 1 fully saturated rings. The van der Waals surface area contributed by atoms with Crippen LogP contribution in [0.1, 0.15) is 12.0 Å². The van der Waals surface area contributed by atoms with E-state index in [4.69, 9.17) is 16.7 Å². The zero-order chi connectivity index (χ0) is 14.9. The highest BCUT2D eigenvalue weighted by Crippen LogP contribution is 2.25. The predicted octanol–water partition coefficient (Wildman–Crippen LogP) is 1.70. The molecule has 1 aliphatic heterocycles. The van der Waals surface area contributed by atoms with Crippen LogP contribution in [-0.4, -0.2) is 45.8 Å². The van der Waals surface area contributed by atoms with Gasteiger partial charge < -0.3 is 20.4 Å². The minimum atomic E-state index is -1.13. The van der Waals surface area contributed by atoms with E-state index in [-0.39, 0.29) is 13.0 Å². The number of anilines is 1. The fourth-order valence-electron chi connectivity index (χ4n) is 2.18. The highest BCUT2D eigenvalue weighted by Gasteiger charge is 2.39. The number of aliphatic hydroxyl groups is 1. The number of aliphatic carboxylic acids is 1. The lowest BCUT2D eigenvalue weighted by Crippen LogP contribution is -2.43. The van der Waals surface area contributed by atoms with Crippen molar-refractivity contribution in [3.63, 3.8) is 0 Å². The SMILES string of the molecule is Cc1ccc(NC(=O)N2C[C@@H](O)C[C@H]2C(=O)O)c(Cl)c1. The van der Waals surface area contributed by atoms with Crippen LogP contribution in [-0.2, 0) is 4.79 Å². The number of nitrogens with one attached hydrogen (secondary N) is 1. The fourth-order valence-corrected chi connectivity index (χ4v) is 2.46. The summed E-state index contributed by atoms with van der Waals surface area (Å²) in [5, 5.41) is 21.5. The highest BCUT2D eigenvalue weighted by molar-refractivity contribution is 6.33. The first-order valence-corrected chi connectivity index (χ1v) is 6.51. The number of carboxylic acids is 1. The number of amides is 2. The van der Waals surface area contributed by atoms with Gasteiger partial charge in [0, 0.05) is 13.0 Å². The molecule has 2 rings (SSSR count). The Morgan fingerprint density at radius 1 is 1.45 bits per heavy atom. The summed E-state index contributed by atoms with van der Waals surface area (Å²) in [6.07, 6.45) is -0.792. The first kappa shape index (κ1) is 14.6. The number of hydrogen-bond acceptors (Lipinski definition) is 3. The molecule has 0 spiro atoms. The molecule has 0 unspecified atom stereocenters. The Labute approximate surface area is 121 Å². The summed E-state index contributed by atoms with van der Waals surface area (Å²) < 4.78 is 0. The molecule has 1 heterocycles. The van der Waals surface area contributed by atoms with E-state index in [1.165, 1.54) is 0 Å². The van der Waals surface area contributed by atoms with Gasteiger partial charge >= 0.3 is 12.0 Å². The summed E-state index contributed by atoms with van der Waals surface area (Å²) in [6.45, 7) is 1.86. The van der Waals surface area contributed by atoms with E-state index in [2.05, 4.69) is 5.32 Å². The van der Waals surface area contributed by atoms with E-state index in [1.54, 1.807) is 18.2 Å². The van der Waals surface area contributed by atoms with Crippen molar-refractivity contribution in [1.82, 2.24) is 4.90 Å². The molecule has 3 N–H and O–H groups in total. The van der Waals surface area contributed by atoms with Gasteiger partial charge in [-0.2, -0.15) is 0 Å². The molecule has 0 saturated carbocycles. The standard InChI is InChI=1S/C13H15ClN2O4/c1-7-2-3-10(9(14)4-7)15-13(20)16-6-8(17)5-11(16)12(18)19/h2-4,8,11,17H,5-6H2,1H3,(H,15,20)(H,18,19)/t8-,11-/m0/s1. The van der Waals surface area contributed by atoms with Crippen LogP contribution in [0.2, 0.25) is 5.02 Å². The number of carbonyl (C=O) groups excluding carboxylic acids is 1. The first-order valence-electron chi connectivity index (χ1n) is 6.13. The highest BCUT2D eigenvalue weighted by atomic mass is 35.5. The number of β-amino-alcohol motifs (C(OH)–C–C–N with tert-alkyl or cyclic N) is 1. The number of rotatable bonds is 2. The Kier molecular flexibility index (Phi) is 4.15. The van der Waals surface area contributed by atoms with E-state index in [1.807, 2.05) is 6.92 Å². The molecule has 1 aromatic rings. The topological polar surface area (TPSA) is 89.9 Å². The molecule has 0 aliphatic carbocycles. The number of urea groups is 1. The molecule has 2 amide bonds. The van der Waals surface area contributed by atoms with Crippen molar-refractivity contribution in [2.75, 3.05) is 11.9 Å². The molecule has 6 nitrogen and oxygen atoms in total. The van der Waals surface area contributed by atoms with Crippen molar-refractivity contribution in [2.24, 2.45) is 0 Å². The summed E-state index contributed by atoms with van der Waals surface area (Å²) in [4.78, 5) is 24.3. The molecular formula is C13H15ClN2O4. The summed E-state index contributed by atoms with van der Waals surface area (Å²) in [6, 6.07) is 3.53. The van der Waals surface area contributed by atoms with Crippen molar-refractivity contribution >= 4 is 29.3 Å². The number of halogens is 1. The first-order chi connectivity index (χ1) is 9.38. The van der Waals surface area contributed by atoms with Crippen molar-refractivity contribution in [2.45, 2.75) is 25.5 Å². The average Bonchev–Trinajstić information content (AvgIpc) is 2.75. The van der Waals surface area contributed by atoms with Gasteiger partial charge in [0.25, 0.3) is 0 Å². The third-order valence-corrected chi connectivity index (χ3v) is 3.50. The van der Waals surface area contributed by atoms with Gasteiger partial charge in [0.2, 0.25) is 0 Å². The third kappa shape index (κ3) is 3.02. The maximum atomic E-state index is 12.1. The smallest absolute Gasteiger partial charge is 0.326 e. The second kappa shape index (κ2) is 5.68. The number of aryl methyl sites for hydroxylation is 1. The number of carboxylic acid groups (broad SMARTS) is 1. The molecule has 1 saturated heterocycles. The van der Waals surface area contributed by atoms with Crippen LogP contribution >= 0.6 is 11.6 Å². The zero-order valence-electron chi connectivity index (χ0n) is 10.8. The minimum absolute atomic E-state index is 0.00766. The van der Waals surface area contributed by atoms with E-state index in [9.17, 15) is 14.7 Å². The van der Waals surface area contributed by atoms with Gasteiger partial charge in [-0.25, -0.2) is 9.59 Å². The van der Waals surface area contributed by atoms with Crippen LogP contribution in [0.4, 0.5) is 10.5 Å². The number of nitrogens with zero attached hydrogens (tertiary/aromatic N) is 1. The van der Waals surface area contributed by atoms with Gasteiger partial charge in [-0.05, 0) is 24.6 Å². The average molecular weight is 299 g/mol.